The number of hydrogen-bond donors (Lipinski definition) is 0. The van der Waals surface area contributed by atoms with Crippen molar-refractivity contribution in [3.63, 3.8) is 0 Å². The molecule has 22 heavy (non-hydrogen) atoms. The summed E-state index contributed by atoms with van der Waals surface area (Å²) in [5, 5.41) is 0. The minimum atomic E-state index is -2.38. The standard InChI is InChI=1S/C16H40O3Si3/c1-7-9-10-11-12-13-14-15-16-22(17-8-2,18-20(3)4)19-21(5)6/h20-21H,7-16H2,1-6H3. The molecule has 0 amide bonds. The summed E-state index contributed by atoms with van der Waals surface area (Å²) in [4.78, 5) is 0. The van der Waals surface area contributed by atoms with E-state index in [0.717, 1.165) is 6.04 Å². The molecule has 134 valence electrons. The molecule has 0 aromatic carbocycles. The van der Waals surface area contributed by atoms with E-state index in [1.807, 2.05) is 0 Å². The Labute approximate surface area is 144 Å². The van der Waals surface area contributed by atoms with E-state index in [1.54, 1.807) is 0 Å². The predicted octanol–water partition coefficient (Wildman–Crippen LogP) is 5.10. The second-order valence-electron chi connectivity index (χ2n) is 6.67. The maximum atomic E-state index is 6.32. The molecule has 0 spiro atoms. The molecule has 0 rings (SSSR count). The fourth-order valence-corrected chi connectivity index (χ4v) is 11.9. The van der Waals surface area contributed by atoms with Crippen LogP contribution in [0.5, 0.6) is 0 Å². The molecule has 0 saturated heterocycles. The van der Waals surface area contributed by atoms with E-state index in [-0.39, 0.29) is 0 Å². The van der Waals surface area contributed by atoms with Gasteiger partial charge in [0.1, 0.15) is 0 Å². The summed E-state index contributed by atoms with van der Waals surface area (Å²) in [6.07, 6.45) is 10.7. The zero-order chi connectivity index (χ0) is 16.8. The highest BCUT2D eigenvalue weighted by molar-refractivity contribution is 6.75. The van der Waals surface area contributed by atoms with Crippen LogP contribution >= 0.6 is 0 Å². The van der Waals surface area contributed by atoms with Gasteiger partial charge in [0.05, 0.1) is 0 Å². The molecule has 6 heteroatoms. The van der Waals surface area contributed by atoms with Gasteiger partial charge in [-0.2, -0.15) is 0 Å². The summed E-state index contributed by atoms with van der Waals surface area (Å²) < 4.78 is 18.7. The van der Waals surface area contributed by atoms with Crippen LogP contribution in [0.2, 0.25) is 32.2 Å². The van der Waals surface area contributed by atoms with Gasteiger partial charge < -0.3 is 12.7 Å². The molecule has 0 aliphatic rings. The Bertz CT molecular complexity index is 241. The van der Waals surface area contributed by atoms with Gasteiger partial charge in [0.15, 0.2) is 18.1 Å². The van der Waals surface area contributed by atoms with Gasteiger partial charge in [0.25, 0.3) is 0 Å². The van der Waals surface area contributed by atoms with Crippen molar-refractivity contribution in [3.8, 4) is 0 Å². The summed E-state index contributed by atoms with van der Waals surface area (Å²) in [7, 11) is -4.64. The van der Waals surface area contributed by atoms with E-state index in [4.69, 9.17) is 12.7 Å². The average Bonchev–Trinajstić information content (AvgIpc) is 2.40. The van der Waals surface area contributed by atoms with Crippen LogP contribution in [0.3, 0.4) is 0 Å². The normalized spacial score (nSPS) is 12.5. The number of rotatable bonds is 15. The highest BCUT2D eigenvalue weighted by Gasteiger charge is 2.41. The lowest BCUT2D eigenvalue weighted by Crippen LogP contribution is -2.51. The zero-order valence-electron chi connectivity index (χ0n) is 16.0. The Hall–Kier alpha value is 0.531. The number of hydrogen-bond acceptors (Lipinski definition) is 3. The Morgan fingerprint density at radius 2 is 1.14 bits per heavy atom. The largest absolute Gasteiger partial charge is 0.479 e. The van der Waals surface area contributed by atoms with Crippen LogP contribution in [0.1, 0.15) is 65.2 Å². The van der Waals surface area contributed by atoms with Gasteiger partial charge >= 0.3 is 8.80 Å². The second kappa shape index (κ2) is 13.9. The Kier molecular flexibility index (Phi) is 14.3. The van der Waals surface area contributed by atoms with Gasteiger partial charge in [-0.1, -0.05) is 51.9 Å². The molecule has 0 bridgehead atoms. The Morgan fingerprint density at radius 1 is 0.682 bits per heavy atom. The molecule has 0 unspecified atom stereocenters. The molecule has 3 nitrogen and oxygen atoms in total. The SMILES string of the molecule is CCCCCCCCCC[Si](OCC)(O[SiH](C)C)O[SiH](C)C. The first-order valence-electron chi connectivity index (χ1n) is 9.45. The first kappa shape index (κ1) is 22.5. The van der Waals surface area contributed by atoms with Crippen molar-refractivity contribution in [3.05, 3.63) is 0 Å². The summed E-state index contributed by atoms with van der Waals surface area (Å²) in [6.45, 7) is 13.9. The van der Waals surface area contributed by atoms with Crippen LogP contribution < -0.4 is 0 Å². The molecular formula is C16H40O3Si3. The highest BCUT2D eigenvalue weighted by Crippen LogP contribution is 2.22. The predicted molar refractivity (Wildman–Crippen MR) is 105 cm³/mol. The van der Waals surface area contributed by atoms with E-state index >= 15 is 0 Å². The van der Waals surface area contributed by atoms with Crippen molar-refractivity contribution in [2.24, 2.45) is 0 Å². The van der Waals surface area contributed by atoms with Gasteiger partial charge in [-0.05, 0) is 39.5 Å². The lowest BCUT2D eigenvalue weighted by Gasteiger charge is -2.33. The van der Waals surface area contributed by atoms with E-state index in [9.17, 15) is 0 Å². The molecule has 0 radical (unpaired) electrons. The van der Waals surface area contributed by atoms with Crippen LogP contribution in [-0.4, -0.2) is 33.5 Å². The minimum absolute atomic E-state index is 0.714. The summed E-state index contributed by atoms with van der Waals surface area (Å²) >= 11 is 0. The molecule has 0 aliphatic heterocycles. The maximum Gasteiger partial charge on any atom is 0.479 e. The fraction of sp³-hybridized carbons (Fsp3) is 1.00. The smallest absolute Gasteiger partial charge is 0.419 e. The zero-order valence-corrected chi connectivity index (χ0v) is 19.3. The lowest BCUT2D eigenvalue weighted by molar-refractivity contribution is 0.174. The van der Waals surface area contributed by atoms with Crippen LogP contribution in [-0.2, 0) is 12.7 Å². The van der Waals surface area contributed by atoms with Crippen molar-refractivity contribution in [1.29, 1.82) is 0 Å². The Morgan fingerprint density at radius 3 is 1.55 bits per heavy atom. The minimum Gasteiger partial charge on any atom is -0.419 e. The van der Waals surface area contributed by atoms with E-state index < -0.39 is 26.9 Å². The lowest BCUT2D eigenvalue weighted by atomic mass is 10.1. The topological polar surface area (TPSA) is 27.7 Å². The Balaban J connectivity index is 4.15. The second-order valence-corrected chi connectivity index (χ2v) is 14.9. The van der Waals surface area contributed by atoms with Crippen LogP contribution in [0.25, 0.3) is 0 Å². The maximum absolute atomic E-state index is 6.32. The molecule has 0 aromatic heterocycles. The summed E-state index contributed by atoms with van der Waals surface area (Å²) in [5.41, 5.74) is 0. The first-order valence-corrected chi connectivity index (χ1v) is 16.9. The molecule has 0 aromatic rings. The summed E-state index contributed by atoms with van der Waals surface area (Å²) in [6, 6.07) is 1.02. The quantitative estimate of drug-likeness (QED) is 0.299. The highest BCUT2D eigenvalue weighted by atomic mass is 28.5. The van der Waals surface area contributed by atoms with E-state index in [1.165, 1.54) is 51.4 Å². The van der Waals surface area contributed by atoms with E-state index in [2.05, 4.69) is 40.0 Å². The van der Waals surface area contributed by atoms with Crippen LogP contribution in [0, 0.1) is 0 Å². The molecule has 0 heterocycles. The van der Waals surface area contributed by atoms with Crippen LogP contribution in [0.4, 0.5) is 0 Å². The molecule has 0 saturated carbocycles. The third-order valence-corrected chi connectivity index (χ3v) is 11.9. The third-order valence-electron chi connectivity index (χ3n) is 3.53. The molecule has 0 fully saturated rings. The third kappa shape index (κ3) is 12.0. The van der Waals surface area contributed by atoms with Crippen molar-refractivity contribution in [2.45, 2.75) is 97.4 Å². The van der Waals surface area contributed by atoms with Gasteiger partial charge in [-0.25, -0.2) is 0 Å². The van der Waals surface area contributed by atoms with Crippen molar-refractivity contribution in [1.82, 2.24) is 0 Å². The van der Waals surface area contributed by atoms with Crippen molar-refractivity contribution >= 4 is 26.9 Å². The van der Waals surface area contributed by atoms with Crippen LogP contribution in [0.15, 0.2) is 0 Å². The van der Waals surface area contributed by atoms with Gasteiger partial charge in [0.2, 0.25) is 0 Å². The van der Waals surface area contributed by atoms with Gasteiger partial charge in [-0.15, -0.1) is 0 Å². The molecule has 0 atom stereocenters. The molecular weight excluding hydrogens is 324 g/mol. The van der Waals surface area contributed by atoms with Gasteiger partial charge in [-0.3, -0.25) is 0 Å². The molecule has 0 N–H and O–H groups in total. The van der Waals surface area contributed by atoms with Gasteiger partial charge in [0, 0.05) is 12.7 Å². The summed E-state index contributed by atoms with van der Waals surface area (Å²) in [5.74, 6) is 0. The number of unbranched alkanes of at least 4 members (excludes halogenated alkanes) is 7. The first-order chi connectivity index (χ1) is 10.5. The average molecular weight is 365 g/mol. The van der Waals surface area contributed by atoms with Crippen molar-refractivity contribution in [2.75, 3.05) is 6.61 Å². The monoisotopic (exact) mass is 364 g/mol. The van der Waals surface area contributed by atoms with Crippen molar-refractivity contribution < 1.29 is 12.7 Å². The fourth-order valence-electron chi connectivity index (χ4n) is 2.70. The molecule has 0 aliphatic carbocycles. The van der Waals surface area contributed by atoms with E-state index in [0.29, 0.717) is 6.61 Å².